The van der Waals surface area contributed by atoms with E-state index in [1.807, 2.05) is 17.0 Å². The Hall–Kier alpha value is -3.30. The summed E-state index contributed by atoms with van der Waals surface area (Å²) >= 11 is 0. The van der Waals surface area contributed by atoms with Crippen molar-refractivity contribution < 1.29 is 41.0 Å². The minimum Gasteiger partial charge on any atom is -0.485 e. The van der Waals surface area contributed by atoms with Gasteiger partial charge in [0.25, 0.3) is 5.66 Å². The summed E-state index contributed by atoms with van der Waals surface area (Å²) in [6.45, 7) is 1.20. The van der Waals surface area contributed by atoms with Crippen LogP contribution in [0.3, 0.4) is 0 Å². The van der Waals surface area contributed by atoms with Crippen molar-refractivity contribution in [2.45, 2.75) is 50.1 Å². The van der Waals surface area contributed by atoms with Crippen molar-refractivity contribution in [2.24, 2.45) is 10.2 Å². The molecule has 0 aliphatic carbocycles. The number of rotatable bonds is 6. The van der Waals surface area contributed by atoms with Crippen LogP contribution in [-0.4, -0.2) is 67.2 Å². The van der Waals surface area contributed by atoms with E-state index in [-0.39, 0.29) is 6.61 Å². The predicted octanol–water partition coefficient (Wildman–Crippen LogP) is 3.10. The van der Waals surface area contributed by atoms with Gasteiger partial charge >= 0.3 is 18.3 Å². The number of aromatic nitrogens is 4. The molecule has 180 valence electrons. The van der Waals surface area contributed by atoms with Gasteiger partial charge in [0, 0.05) is 6.54 Å². The molecule has 0 radical (unpaired) electrons. The highest BCUT2D eigenvalue weighted by Gasteiger charge is 2.69. The maximum absolute atomic E-state index is 13.3. The molecule has 33 heavy (non-hydrogen) atoms. The van der Waals surface area contributed by atoms with Crippen LogP contribution in [0.25, 0.3) is 0 Å². The van der Waals surface area contributed by atoms with Gasteiger partial charge in [-0.15, -0.1) is 20.4 Å². The van der Waals surface area contributed by atoms with Crippen LogP contribution in [0, 0.1) is 0 Å². The van der Waals surface area contributed by atoms with Crippen molar-refractivity contribution in [1.29, 1.82) is 0 Å². The van der Waals surface area contributed by atoms with Gasteiger partial charge in [0.15, 0.2) is 6.61 Å². The third-order valence-corrected chi connectivity index (χ3v) is 4.87. The number of alkyl halides is 6. The van der Waals surface area contributed by atoms with Crippen LogP contribution in [-0.2, 0) is 17.9 Å². The first-order chi connectivity index (χ1) is 15.4. The van der Waals surface area contributed by atoms with Gasteiger partial charge in [0.1, 0.15) is 5.75 Å². The number of hydrogen-bond acceptors (Lipinski definition) is 8. The minimum atomic E-state index is -5.08. The predicted molar refractivity (Wildman–Crippen MR) is 95.7 cm³/mol. The average Bonchev–Trinajstić information content (AvgIpc) is 3.16. The Kier molecular flexibility index (Phi) is 6.85. The third-order valence-electron chi connectivity index (χ3n) is 4.87. The topological polar surface area (TPSA) is 129 Å². The van der Waals surface area contributed by atoms with Gasteiger partial charge in [0.2, 0.25) is 5.82 Å². The van der Waals surface area contributed by atoms with Gasteiger partial charge in [-0.3, -0.25) is 4.90 Å². The van der Waals surface area contributed by atoms with E-state index in [4.69, 9.17) is 14.6 Å². The van der Waals surface area contributed by atoms with Gasteiger partial charge in [-0.2, -0.15) is 31.6 Å². The lowest BCUT2D eigenvalue weighted by molar-refractivity contribution is -0.192. The molecular weight excluding hydrogens is 464 g/mol. The molecule has 2 aliphatic heterocycles. The number of tetrazole rings is 1. The number of aliphatic carboxylic acids is 1. The fourth-order valence-corrected chi connectivity index (χ4v) is 3.28. The summed E-state index contributed by atoms with van der Waals surface area (Å²) in [4.78, 5) is 10.7. The fraction of sp³-hybridized carbons (Fsp3) is 0.529. The van der Waals surface area contributed by atoms with Crippen LogP contribution >= 0.6 is 0 Å². The molecule has 3 heterocycles. The molecule has 1 aromatic heterocycles. The molecule has 2 aliphatic rings. The highest BCUT2D eigenvalue weighted by Crippen LogP contribution is 2.51. The standard InChI is InChI=1S/C15H16F3N7O.C2HF3O2/c16-15(17,18)14(21-22-14)12-2-1-7-25(12)8-10-3-5-11(6-4-10)26-9-13-19-23-24-20-13;3-2(4,5)1(6)7/h3-6,12H,1-2,7-9H2,(H,19,20,23,24);(H,6,7). The van der Waals surface area contributed by atoms with E-state index in [9.17, 15) is 26.3 Å². The summed E-state index contributed by atoms with van der Waals surface area (Å²) in [6, 6.07) is 6.49. The van der Waals surface area contributed by atoms with E-state index in [2.05, 4.69) is 30.9 Å². The lowest BCUT2D eigenvalue weighted by Crippen LogP contribution is -2.50. The van der Waals surface area contributed by atoms with Gasteiger partial charge in [0.05, 0.1) is 6.04 Å². The summed E-state index contributed by atoms with van der Waals surface area (Å²) in [6.07, 6.45) is -8.37. The normalized spacial score (nSPS) is 19.6. The summed E-state index contributed by atoms with van der Waals surface area (Å²) in [5, 5.41) is 27.2. The van der Waals surface area contributed by atoms with E-state index < -0.39 is 30.0 Å². The minimum absolute atomic E-state index is 0.182. The third kappa shape index (κ3) is 5.94. The molecule has 0 amide bonds. The van der Waals surface area contributed by atoms with Crippen LogP contribution in [0.1, 0.15) is 24.2 Å². The highest BCUT2D eigenvalue weighted by atomic mass is 19.4. The Bertz CT molecular complexity index is 957. The highest BCUT2D eigenvalue weighted by molar-refractivity contribution is 5.73. The number of carbonyl (C=O) groups is 1. The molecule has 1 aromatic carbocycles. The number of nitrogens with one attached hydrogen (secondary N) is 1. The van der Waals surface area contributed by atoms with E-state index in [1.165, 1.54) is 0 Å². The molecule has 2 aromatic rings. The quantitative estimate of drug-likeness (QED) is 0.607. The zero-order valence-electron chi connectivity index (χ0n) is 16.6. The number of H-pyrrole nitrogens is 1. The van der Waals surface area contributed by atoms with Crippen molar-refractivity contribution in [3.63, 3.8) is 0 Å². The number of carboxylic acids is 1. The number of hydrogen-bond donors (Lipinski definition) is 2. The summed E-state index contributed by atoms with van der Waals surface area (Å²) in [7, 11) is 0. The van der Waals surface area contributed by atoms with Crippen LogP contribution < -0.4 is 4.74 Å². The molecule has 1 saturated heterocycles. The second kappa shape index (κ2) is 9.29. The van der Waals surface area contributed by atoms with Gasteiger partial charge in [-0.25, -0.2) is 4.79 Å². The van der Waals surface area contributed by atoms with Crippen LogP contribution in [0.2, 0.25) is 0 Å². The van der Waals surface area contributed by atoms with E-state index >= 15 is 0 Å². The first kappa shape index (κ1) is 24.3. The number of likely N-dealkylation sites (tertiary alicyclic amines) is 1. The Morgan fingerprint density at radius 3 is 2.30 bits per heavy atom. The van der Waals surface area contributed by atoms with Crippen molar-refractivity contribution >= 4 is 5.97 Å². The van der Waals surface area contributed by atoms with Crippen molar-refractivity contribution in [3.8, 4) is 5.75 Å². The Morgan fingerprint density at radius 1 is 1.18 bits per heavy atom. The molecule has 0 saturated carbocycles. The Balaban J connectivity index is 0.000000383. The SMILES string of the molecule is FC(F)(F)C1(C2CCCN2Cc2ccc(OCc3nn[nH]n3)cc2)N=N1.O=C(O)C(F)(F)F. The smallest absolute Gasteiger partial charge is 0.485 e. The molecule has 0 bridgehead atoms. The monoisotopic (exact) mass is 481 g/mol. The number of ether oxygens (including phenoxy) is 1. The maximum atomic E-state index is 13.3. The summed E-state index contributed by atoms with van der Waals surface area (Å²) in [5.41, 5.74) is -1.32. The first-order valence-corrected chi connectivity index (χ1v) is 9.41. The lowest BCUT2D eigenvalue weighted by Gasteiger charge is -2.29. The van der Waals surface area contributed by atoms with Gasteiger partial charge < -0.3 is 9.84 Å². The molecule has 2 N–H and O–H groups in total. The largest absolute Gasteiger partial charge is 0.490 e. The number of nitrogens with zero attached hydrogens (tertiary/aromatic N) is 6. The van der Waals surface area contributed by atoms with Crippen LogP contribution in [0.15, 0.2) is 34.5 Å². The lowest BCUT2D eigenvalue weighted by atomic mass is 10.0. The molecule has 16 heteroatoms. The van der Waals surface area contributed by atoms with Crippen LogP contribution in [0.4, 0.5) is 26.3 Å². The average molecular weight is 481 g/mol. The first-order valence-electron chi connectivity index (χ1n) is 9.41. The second-order valence-electron chi connectivity index (χ2n) is 7.12. The maximum Gasteiger partial charge on any atom is 0.490 e. The van der Waals surface area contributed by atoms with Crippen molar-refractivity contribution in [3.05, 3.63) is 35.7 Å². The van der Waals surface area contributed by atoms with Crippen molar-refractivity contribution in [2.75, 3.05) is 6.54 Å². The molecule has 0 spiro atoms. The number of carboxylic acid groups (broad SMARTS) is 1. The van der Waals surface area contributed by atoms with E-state index in [1.54, 1.807) is 12.1 Å². The Morgan fingerprint density at radius 2 is 1.82 bits per heavy atom. The molecule has 1 fully saturated rings. The van der Waals surface area contributed by atoms with E-state index in [0.717, 1.165) is 5.56 Å². The summed E-state index contributed by atoms with van der Waals surface area (Å²) in [5.74, 6) is -1.70. The van der Waals surface area contributed by atoms with E-state index in [0.29, 0.717) is 37.5 Å². The van der Waals surface area contributed by atoms with Crippen LogP contribution in [0.5, 0.6) is 5.75 Å². The molecule has 10 nitrogen and oxygen atoms in total. The zero-order valence-corrected chi connectivity index (χ0v) is 16.6. The fourth-order valence-electron chi connectivity index (χ4n) is 3.28. The second-order valence-corrected chi connectivity index (χ2v) is 7.12. The Labute approximate surface area is 181 Å². The summed E-state index contributed by atoms with van der Waals surface area (Å²) < 4.78 is 77.1. The number of halogens is 6. The molecule has 1 unspecified atom stereocenters. The van der Waals surface area contributed by atoms with Gasteiger partial charge in [-0.1, -0.05) is 17.3 Å². The number of aromatic amines is 1. The number of benzene rings is 1. The van der Waals surface area contributed by atoms with Gasteiger partial charge in [-0.05, 0) is 37.1 Å². The molecular formula is C17H17F6N7O3. The molecule has 1 atom stereocenters. The molecule has 4 rings (SSSR count). The zero-order chi connectivity index (χ0) is 24.3. The van der Waals surface area contributed by atoms with Crippen molar-refractivity contribution in [1.82, 2.24) is 25.5 Å².